The van der Waals surface area contributed by atoms with Crippen LogP contribution in [0.25, 0.3) is 0 Å². The van der Waals surface area contributed by atoms with E-state index in [0.29, 0.717) is 0 Å². The maximum atomic E-state index is 2.23. The summed E-state index contributed by atoms with van der Waals surface area (Å²) >= 11 is 0. The second kappa shape index (κ2) is 26.6. The van der Waals surface area contributed by atoms with Gasteiger partial charge in [0.1, 0.15) is 0 Å². The Morgan fingerprint density at radius 3 is 0.617 bits per heavy atom. The van der Waals surface area contributed by atoms with Crippen LogP contribution < -0.4 is 10.6 Å². The number of hydrogen-bond donors (Lipinski definition) is 0. The molecule has 0 amide bonds. The van der Waals surface area contributed by atoms with E-state index in [9.17, 15) is 0 Å². The van der Waals surface area contributed by atoms with Crippen molar-refractivity contribution in [3.05, 3.63) is 250 Å². The van der Waals surface area contributed by atoms with Crippen molar-refractivity contribution in [2.45, 2.75) is 0 Å². The molecule has 6 aliphatic rings. The van der Waals surface area contributed by atoms with Crippen molar-refractivity contribution in [2.75, 3.05) is 0 Å². The molecule has 30 radical (unpaired) electrons. The molecule has 0 atom stereocenters. The Morgan fingerprint density at radius 2 is 0.426 bits per heavy atom. The topological polar surface area (TPSA) is 0 Å². The van der Waals surface area contributed by atoms with Gasteiger partial charge in [0.15, 0.2) is 0 Å². The van der Waals surface area contributed by atoms with Crippen molar-refractivity contribution in [2.24, 2.45) is 0 Å². The van der Waals surface area contributed by atoms with Crippen molar-refractivity contribution >= 4 is 26.5 Å². The summed E-state index contributed by atoms with van der Waals surface area (Å²) in [5.74, 6) is 0. The molecule has 232 valence electrons. The molecule has 6 saturated carbocycles. The van der Waals surface area contributed by atoms with Crippen LogP contribution in [-0.4, -0.2) is 0 Å². The first-order valence-electron chi connectivity index (χ1n) is 14.8. The molecule has 8 rings (SSSR count). The molecule has 0 heterocycles. The fraction of sp³-hybridized carbons (Fsp3) is 0. The third-order valence-corrected chi connectivity index (χ3v) is 11.6. The van der Waals surface area contributed by atoms with E-state index in [0.717, 1.165) is 0 Å². The first-order chi connectivity index (χ1) is 21.9. The minimum Gasteiger partial charge on any atom is -0.0622 e. The maximum Gasteiger partial charge on any atom is 2.00 e. The summed E-state index contributed by atoms with van der Waals surface area (Å²) < 4.78 is 0. The first kappa shape index (κ1) is 44.0. The van der Waals surface area contributed by atoms with Crippen LogP contribution in [0.4, 0.5) is 0 Å². The van der Waals surface area contributed by atoms with Gasteiger partial charge in [-0.2, -0.15) is 0 Å². The van der Waals surface area contributed by atoms with E-state index in [1.165, 1.54) is 33.2 Å². The predicted molar refractivity (Wildman–Crippen MR) is 191 cm³/mol. The van der Waals surface area contributed by atoms with Crippen molar-refractivity contribution in [1.29, 1.82) is 0 Å². The zero-order valence-electron chi connectivity index (χ0n) is 25.7. The summed E-state index contributed by atoms with van der Waals surface area (Å²) in [6.07, 6.45) is 54.8. The summed E-state index contributed by atoms with van der Waals surface area (Å²) in [4.78, 5) is 0. The molecule has 6 fully saturated rings. The van der Waals surface area contributed by atoms with Crippen LogP contribution >= 0.6 is 15.8 Å². The molecular weight excluding hydrogens is 734 g/mol. The van der Waals surface area contributed by atoms with E-state index < -0.39 is 0 Å². The molecule has 0 spiro atoms. The van der Waals surface area contributed by atoms with Crippen LogP contribution in [0.5, 0.6) is 0 Å². The standard InChI is InChI=1S/2C16H13P.2C5H5.3Fe/c2*1-2-8-14(9-3-1)17(15-10-4-5-11-15)16-12-6-7-13-16;2*1-2-4-5-3-1;;;/h2*1-13H;2*1-5H;;;/q;;;;3*+2. The summed E-state index contributed by atoms with van der Waals surface area (Å²) in [5, 5.41) is 2.83. The number of benzene rings is 2. The molecule has 5 heteroatoms. The monoisotopic (exact) mass is 770 g/mol. The molecule has 2 aromatic rings. The molecule has 47 heavy (non-hydrogen) atoms. The van der Waals surface area contributed by atoms with Gasteiger partial charge < -0.3 is 0 Å². The fourth-order valence-corrected chi connectivity index (χ4v) is 9.35. The first-order valence-corrected chi connectivity index (χ1v) is 17.5. The van der Waals surface area contributed by atoms with Gasteiger partial charge in [0.25, 0.3) is 0 Å². The van der Waals surface area contributed by atoms with Gasteiger partial charge in [0.2, 0.25) is 0 Å². The smallest absolute Gasteiger partial charge is 0.0622 e. The van der Waals surface area contributed by atoms with Gasteiger partial charge in [0.05, 0.1) is 0 Å². The minimum atomic E-state index is -0.372. The van der Waals surface area contributed by atoms with Crippen molar-refractivity contribution in [1.82, 2.24) is 0 Å². The number of rotatable bonds is 6. The molecule has 0 saturated heterocycles. The molecule has 2 aromatic carbocycles. The minimum absolute atomic E-state index is 0. The van der Waals surface area contributed by atoms with Gasteiger partial charge in [-0.3, -0.25) is 0 Å². The van der Waals surface area contributed by atoms with E-state index in [1.54, 1.807) is 0 Å². The van der Waals surface area contributed by atoms with Gasteiger partial charge in [-0.25, -0.2) is 0 Å². The second-order valence-electron chi connectivity index (χ2n) is 9.84. The quantitative estimate of drug-likeness (QED) is 0.203. The van der Waals surface area contributed by atoms with Crippen LogP contribution in [-0.2, 0) is 51.2 Å². The Kier molecular flexibility index (Phi) is 24.9. The van der Waals surface area contributed by atoms with E-state index in [4.69, 9.17) is 0 Å². The Bertz CT molecular complexity index is 845. The molecule has 0 unspecified atom stereocenters. The normalized spacial score (nSPS) is 21.5. The average Bonchev–Trinajstić information content (AvgIpc) is 3.93. The number of hydrogen-bond acceptors (Lipinski definition) is 0. The zero-order chi connectivity index (χ0) is 30.1. The van der Waals surface area contributed by atoms with E-state index in [-0.39, 0.29) is 67.0 Å². The van der Waals surface area contributed by atoms with E-state index in [1.807, 2.05) is 64.2 Å². The molecule has 0 aromatic heterocycles. The van der Waals surface area contributed by atoms with Crippen LogP contribution in [0.3, 0.4) is 0 Å². The van der Waals surface area contributed by atoms with E-state index in [2.05, 4.69) is 163 Å². The molecule has 0 aliphatic heterocycles. The Balaban J connectivity index is 0.000000241. The Hall–Kier alpha value is 0.858. The third kappa shape index (κ3) is 15.2. The van der Waals surface area contributed by atoms with Gasteiger partial charge in [-0.1, -0.05) is 76.5 Å². The zero-order valence-corrected chi connectivity index (χ0v) is 30.8. The van der Waals surface area contributed by atoms with Crippen molar-refractivity contribution < 1.29 is 51.2 Å². The van der Waals surface area contributed by atoms with Crippen LogP contribution in [0.15, 0.2) is 60.7 Å². The van der Waals surface area contributed by atoms with Crippen molar-refractivity contribution in [3.8, 4) is 0 Å². The van der Waals surface area contributed by atoms with Crippen LogP contribution in [0, 0.1) is 190 Å². The molecule has 0 N–H and O–H groups in total. The summed E-state index contributed by atoms with van der Waals surface area (Å²) in [7, 11) is -0.744. The van der Waals surface area contributed by atoms with Gasteiger partial charge >= 0.3 is 51.2 Å². The van der Waals surface area contributed by atoms with Crippen LogP contribution in [0.1, 0.15) is 0 Å². The average molecular weight is 770 g/mol. The molecular formula is C42H36Fe3P2+6. The fourth-order valence-electron chi connectivity index (χ4n) is 4.74. The molecule has 0 bridgehead atoms. The van der Waals surface area contributed by atoms with Gasteiger partial charge in [0, 0.05) is 22.6 Å². The predicted octanol–water partition coefficient (Wildman–Crippen LogP) is 9.07. The third-order valence-electron chi connectivity index (χ3n) is 6.75. The van der Waals surface area contributed by atoms with Crippen molar-refractivity contribution in [3.63, 3.8) is 0 Å². The van der Waals surface area contributed by atoms with Gasteiger partial charge in [-0.05, 0) is 178 Å². The molecule has 0 nitrogen and oxygen atoms in total. The summed E-state index contributed by atoms with van der Waals surface area (Å²) in [5.41, 5.74) is 5.71. The Labute approximate surface area is 325 Å². The maximum absolute atomic E-state index is 2.23. The SMILES string of the molecule is [CH]1[CH][CH][CH][CH]1.[CH]1[CH][CH][CH][CH]1.[CH]1[CH][CH][C](P([C]2[CH][CH][CH][CH]2)c2ccccc2)[CH]1.[CH]1[CH][CH][C](P([C]2[CH][CH][CH][CH]2)c2ccccc2)[CH]1.[Fe+2].[Fe+2].[Fe+2]. The van der Waals surface area contributed by atoms with Crippen LogP contribution in [0.2, 0.25) is 0 Å². The largest absolute Gasteiger partial charge is 2.00 e. The Morgan fingerprint density at radius 1 is 0.234 bits per heavy atom. The van der Waals surface area contributed by atoms with Gasteiger partial charge in [-0.15, -0.1) is 0 Å². The summed E-state index contributed by atoms with van der Waals surface area (Å²) in [6, 6.07) is 21.6. The van der Waals surface area contributed by atoms with E-state index >= 15 is 0 Å². The second-order valence-corrected chi connectivity index (χ2v) is 14.3. The summed E-state index contributed by atoms with van der Waals surface area (Å²) in [6.45, 7) is 0. The molecule has 6 aliphatic carbocycles.